The first kappa shape index (κ1) is 13.4. The van der Waals surface area contributed by atoms with Gasteiger partial charge in [0, 0.05) is 34.1 Å². The number of fused-ring (bicyclic) bond motifs is 3. The maximum Gasteiger partial charge on any atom is 0.335 e. The van der Waals surface area contributed by atoms with E-state index in [1.807, 2.05) is 36.4 Å². The van der Waals surface area contributed by atoms with Crippen LogP contribution in [-0.4, -0.2) is 21.0 Å². The number of benzene rings is 2. The Hall–Kier alpha value is -3.27. The monoisotopic (exact) mass is 300 g/mol. The van der Waals surface area contributed by atoms with E-state index in [1.54, 1.807) is 30.6 Å². The minimum absolute atomic E-state index is 0.229. The molecule has 0 radical (unpaired) electrons. The predicted molar refractivity (Wildman–Crippen MR) is 89.4 cm³/mol. The lowest BCUT2D eigenvalue weighted by atomic mass is 10.0. The van der Waals surface area contributed by atoms with E-state index in [0.717, 1.165) is 27.4 Å². The molecule has 4 nitrogen and oxygen atoms in total. The lowest BCUT2D eigenvalue weighted by Gasteiger charge is -2.10. The van der Waals surface area contributed by atoms with Crippen LogP contribution in [0.3, 0.4) is 0 Å². The highest BCUT2D eigenvalue weighted by molar-refractivity contribution is 6.11. The summed E-state index contributed by atoms with van der Waals surface area (Å²) in [5, 5.41) is 12.1. The molecule has 4 rings (SSSR count). The maximum absolute atomic E-state index is 11.2. The van der Waals surface area contributed by atoms with Crippen molar-refractivity contribution >= 4 is 27.6 Å². The van der Waals surface area contributed by atoms with Crippen molar-refractivity contribution < 1.29 is 9.90 Å². The average Bonchev–Trinajstić information content (AvgIpc) is 2.61. The summed E-state index contributed by atoms with van der Waals surface area (Å²) >= 11 is 0. The molecule has 0 aliphatic carbocycles. The first-order chi connectivity index (χ1) is 11.2. The standard InChI is InChI=1S/C19H12N2O2/c22-19(23)13-6-7-14-16-11-20-9-8-15(16)18(21-17(14)10-13)12-4-2-1-3-5-12/h1-11H,(H,22,23). The topological polar surface area (TPSA) is 63.1 Å². The van der Waals surface area contributed by atoms with Crippen LogP contribution >= 0.6 is 0 Å². The fraction of sp³-hybridized carbons (Fsp3) is 0. The van der Waals surface area contributed by atoms with Gasteiger partial charge in [-0.1, -0.05) is 36.4 Å². The van der Waals surface area contributed by atoms with Crippen LogP contribution in [0.4, 0.5) is 0 Å². The predicted octanol–water partition coefficient (Wildman–Crippen LogP) is 4.15. The van der Waals surface area contributed by atoms with Gasteiger partial charge in [-0.2, -0.15) is 0 Å². The highest BCUT2D eigenvalue weighted by Crippen LogP contribution is 2.32. The Morgan fingerprint density at radius 2 is 1.74 bits per heavy atom. The first-order valence-corrected chi connectivity index (χ1v) is 7.20. The third kappa shape index (κ3) is 2.21. The van der Waals surface area contributed by atoms with Gasteiger partial charge in [-0.15, -0.1) is 0 Å². The minimum atomic E-state index is -0.957. The molecular formula is C19H12N2O2. The summed E-state index contributed by atoms with van der Waals surface area (Å²) in [6.07, 6.45) is 3.54. The van der Waals surface area contributed by atoms with Gasteiger partial charge in [0.15, 0.2) is 0 Å². The van der Waals surface area contributed by atoms with Crippen molar-refractivity contribution in [2.24, 2.45) is 0 Å². The number of hydrogen-bond acceptors (Lipinski definition) is 3. The van der Waals surface area contributed by atoms with Crippen LogP contribution in [0.25, 0.3) is 32.9 Å². The van der Waals surface area contributed by atoms with Crippen LogP contribution < -0.4 is 0 Å². The maximum atomic E-state index is 11.2. The molecule has 23 heavy (non-hydrogen) atoms. The number of carboxylic acids is 1. The molecule has 0 bridgehead atoms. The lowest BCUT2D eigenvalue weighted by Crippen LogP contribution is -1.97. The van der Waals surface area contributed by atoms with Crippen LogP contribution in [0.2, 0.25) is 0 Å². The van der Waals surface area contributed by atoms with E-state index in [2.05, 4.69) is 4.98 Å². The molecule has 110 valence electrons. The van der Waals surface area contributed by atoms with Crippen LogP contribution in [0.15, 0.2) is 67.0 Å². The van der Waals surface area contributed by atoms with Crippen molar-refractivity contribution in [1.29, 1.82) is 0 Å². The molecule has 0 aliphatic rings. The Morgan fingerprint density at radius 3 is 2.52 bits per heavy atom. The van der Waals surface area contributed by atoms with E-state index in [9.17, 15) is 9.90 Å². The molecule has 2 aromatic heterocycles. The van der Waals surface area contributed by atoms with Crippen LogP contribution in [0.5, 0.6) is 0 Å². The number of aromatic nitrogens is 2. The lowest BCUT2D eigenvalue weighted by molar-refractivity contribution is 0.0697. The summed E-state index contributed by atoms with van der Waals surface area (Å²) in [6, 6.07) is 16.8. The molecule has 0 saturated carbocycles. The number of aromatic carboxylic acids is 1. The SMILES string of the molecule is O=C(O)c1ccc2c(c1)nc(-c1ccccc1)c1ccncc12. The Balaban J connectivity index is 2.13. The molecule has 4 heteroatoms. The van der Waals surface area contributed by atoms with E-state index in [4.69, 9.17) is 4.98 Å². The number of pyridine rings is 2. The van der Waals surface area contributed by atoms with Crippen LogP contribution in [0, 0.1) is 0 Å². The van der Waals surface area contributed by atoms with E-state index in [-0.39, 0.29) is 5.56 Å². The van der Waals surface area contributed by atoms with Crippen LogP contribution in [-0.2, 0) is 0 Å². The molecule has 0 spiro atoms. The normalized spacial score (nSPS) is 11.0. The van der Waals surface area contributed by atoms with Crippen molar-refractivity contribution in [2.75, 3.05) is 0 Å². The van der Waals surface area contributed by atoms with Crippen LogP contribution in [0.1, 0.15) is 10.4 Å². The third-order valence-corrected chi connectivity index (χ3v) is 3.89. The highest BCUT2D eigenvalue weighted by Gasteiger charge is 2.12. The molecular weight excluding hydrogens is 288 g/mol. The second-order valence-corrected chi connectivity index (χ2v) is 5.28. The van der Waals surface area contributed by atoms with Gasteiger partial charge in [-0.25, -0.2) is 9.78 Å². The highest BCUT2D eigenvalue weighted by atomic mass is 16.4. The van der Waals surface area contributed by atoms with E-state index in [1.165, 1.54) is 0 Å². The smallest absolute Gasteiger partial charge is 0.335 e. The number of carbonyl (C=O) groups is 1. The Labute approximate surface area is 132 Å². The van der Waals surface area contributed by atoms with Gasteiger partial charge in [-0.3, -0.25) is 4.98 Å². The molecule has 0 amide bonds. The molecule has 0 saturated heterocycles. The summed E-state index contributed by atoms with van der Waals surface area (Å²) in [5.74, 6) is -0.957. The van der Waals surface area contributed by atoms with Gasteiger partial charge in [0.2, 0.25) is 0 Å². The van der Waals surface area contributed by atoms with E-state index in [0.29, 0.717) is 5.52 Å². The van der Waals surface area contributed by atoms with Gasteiger partial charge in [-0.05, 0) is 18.2 Å². The fourth-order valence-corrected chi connectivity index (χ4v) is 2.80. The molecule has 0 aliphatic heterocycles. The second-order valence-electron chi connectivity index (χ2n) is 5.28. The first-order valence-electron chi connectivity index (χ1n) is 7.20. The molecule has 2 aromatic carbocycles. The zero-order valence-corrected chi connectivity index (χ0v) is 12.1. The third-order valence-electron chi connectivity index (χ3n) is 3.89. The molecule has 0 atom stereocenters. The average molecular weight is 300 g/mol. The summed E-state index contributed by atoms with van der Waals surface area (Å²) < 4.78 is 0. The number of rotatable bonds is 2. The second kappa shape index (κ2) is 5.18. The van der Waals surface area contributed by atoms with Gasteiger partial charge >= 0.3 is 5.97 Å². The Morgan fingerprint density at radius 1 is 0.913 bits per heavy atom. The molecule has 4 aromatic rings. The molecule has 0 unspecified atom stereocenters. The molecule has 0 fully saturated rings. The Kier molecular flexibility index (Phi) is 3.01. The molecule has 2 heterocycles. The van der Waals surface area contributed by atoms with Crippen molar-refractivity contribution in [3.05, 3.63) is 72.6 Å². The summed E-state index contributed by atoms with van der Waals surface area (Å²) in [5.41, 5.74) is 2.71. The zero-order chi connectivity index (χ0) is 15.8. The Bertz CT molecular complexity index is 1040. The van der Waals surface area contributed by atoms with Crippen molar-refractivity contribution in [2.45, 2.75) is 0 Å². The van der Waals surface area contributed by atoms with Crippen molar-refractivity contribution in [3.63, 3.8) is 0 Å². The summed E-state index contributed by atoms with van der Waals surface area (Å²) in [4.78, 5) is 20.2. The number of hydrogen-bond donors (Lipinski definition) is 1. The fourth-order valence-electron chi connectivity index (χ4n) is 2.80. The van der Waals surface area contributed by atoms with Crippen molar-refractivity contribution in [1.82, 2.24) is 9.97 Å². The largest absolute Gasteiger partial charge is 0.478 e. The van der Waals surface area contributed by atoms with Gasteiger partial charge in [0.25, 0.3) is 0 Å². The number of nitrogens with zero attached hydrogens (tertiary/aromatic N) is 2. The van der Waals surface area contributed by atoms with Crippen molar-refractivity contribution in [3.8, 4) is 11.3 Å². The quantitative estimate of drug-likeness (QED) is 0.565. The number of carboxylic acid groups (broad SMARTS) is 1. The minimum Gasteiger partial charge on any atom is -0.478 e. The van der Waals surface area contributed by atoms with E-state index < -0.39 is 5.97 Å². The zero-order valence-electron chi connectivity index (χ0n) is 12.1. The van der Waals surface area contributed by atoms with Gasteiger partial charge in [0.05, 0.1) is 16.8 Å². The van der Waals surface area contributed by atoms with E-state index >= 15 is 0 Å². The summed E-state index contributed by atoms with van der Waals surface area (Å²) in [6.45, 7) is 0. The van der Waals surface area contributed by atoms with Gasteiger partial charge < -0.3 is 5.11 Å². The summed E-state index contributed by atoms with van der Waals surface area (Å²) in [7, 11) is 0. The molecule has 1 N–H and O–H groups in total. The van der Waals surface area contributed by atoms with Gasteiger partial charge in [0.1, 0.15) is 0 Å².